The van der Waals surface area contributed by atoms with Crippen molar-refractivity contribution in [3.05, 3.63) is 33.9 Å². The molecule has 1 saturated carbocycles. The van der Waals surface area contributed by atoms with Crippen LogP contribution in [0.25, 0.3) is 0 Å². The van der Waals surface area contributed by atoms with Gasteiger partial charge in [0.2, 0.25) is 0 Å². The molecule has 0 heterocycles. The highest BCUT2D eigenvalue weighted by molar-refractivity contribution is 5.75. The summed E-state index contributed by atoms with van der Waals surface area (Å²) in [6.07, 6.45) is 0.507. The minimum atomic E-state index is -0.872. The molecule has 1 aromatic rings. The predicted octanol–water partition coefficient (Wildman–Crippen LogP) is 1.79. The number of carbonyl (C=O) groups is 1. The van der Waals surface area contributed by atoms with Crippen LogP contribution in [0.2, 0.25) is 0 Å². The zero-order valence-electron chi connectivity index (χ0n) is 9.12. The largest absolute Gasteiger partial charge is 0.496 e. The second-order valence-electron chi connectivity index (χ2n) is 3.97. The lowest BCUT2D eigenvalue weighted by Gasteiger charge is -2.07. The van der Waals surface area contributed by atoms with Crippen LogP contribution in [0, 0.1) is 16.0 Å². The van der Waals surface area contributed by atoms with Gasteiger partial charge in [0.25, 0.3) is 5.69 Å². The molecule has 2 atom stereocenters. The van der Waals surface area contributed by atoms with Crippen LogP contribution in [0.3, 0.4) is 0 Å². The molecule has 0 unspecified atom stereocenters. The molecule has 0 bridgehead atoms. The van der Waals surface area contributed by atoms with Crippen LogP contribution in [0.1, 0.15) is 17.9 Å². The van der Waals surface area contributed by atoms with E-state index in [0.717, 1.165) is 0 Å². The number of carboxylic acids is 1. The maximum absolute atomic E-state index is 10.8. The van der Waals surface area contributed by atoms with E-state index in [1.807, 2.05) is 0 Å². The Hall–Kier alpha value is -2.11. The Labute approximate surface area is 97.0 Å². The van der Waals surface area contributed by atoms with Gasteiger partial charge < -0.3 is 9.84 Å². The summed E-state index contributed by atoms with van der Waals surface area (Å²) < 4.78 is 5.09. The quantitative estimate of drug-likeness (QED) is 0.636. The molecule has 0 aromatic heterocycles. The van der Waals surface area contributed by atoms with Gasteiger partial charge in [0.05, 0.1) is 18.0 Å². The summed E-state index contributed by atoms with van der Waals surface area (Å²) in [6.45, 7) is 0. The van der Waals surface area contributed by atoms with Crippen LogP contribution >= 0.6 is 0 Å². The second kappa shape index (κ2) is 4.04. The van der Waals surface area contributed by atoms with Gasteiger partial charge in [-0.3, -0.25) is 14.9 Å². The number of benzene rings is 1. The molecular formula is C11H11NO5. The molecule has 1 N–H and O–H groups in total. The van der Waals surface area contributed by atoms with E-state index in [9.17, 15) is 14.9 Å². The first-order valence-electron chi connectivity index (χ1n) is 5.09. The van der Waals surface area contributed by atoms with Crippen LogP contribution in [0.4, 0.5) is 5.69 Å². The molecule has 17 heavy (non-hydrogen) atoms. The SMILES string of the molecule is COc1ccc([N+](=O)[O-])cc1[C@@H]1C[C@H]1C(=O)O. The third kappa shape index (κ3) is 2.06. The number of aliphatic carboxylic acids is 1. The summed E-state index contributed by atoms with van der Waals surface area (Å²) in [5, 5.41) is 19.5. The number of nitro benzene ring substituents is 1. The summed E-state index contributed by atoms with van der Waals surface area (Å²) in [4.78, 5) is 20.9. The molecular weight excluding hydrogens is 226 g/mol. The first-order valence-corrected chi connectivity index (χ1v) is 5.09. The Morgan fingerprint density at radius 3 is 2.76 bits per heavy atom. The summed E-state index contributed by atoms with van der Waals surface area (Å²) in [5.74, 6) is -0.999. The van der Waals surface area contributed by atoms with Gasteiger partial charge in [-0.2, -0.15) is 0 Å². The number of carboxylic acid groups (broad SMARTS) is 1. The molecule has 90 valence electrons. The van der Waals surface area contributed by atoms with Crippen LogP contribution in [-0.4, -0.2) is 23.1 Å². The predicted molar refractivity (Wildman–Crippen MR) is 58.1 cm³/mol. The number of nitrogens with zero attached hydrogens (tertiary/aromatic N) is 1. The minimum Gasteiger partial charge on any atom is -0.496 e. The number of methoxy groups -OCH3 is 1. The fourth-order valence-corrected chi connectivity index (χ4v) is 1.94. The van der Waals surface area contributed by atoms with Gasteiger partial charge in [-0.1, -0.05) is 0 Å². The first-order chi connectivity index (χ1) is 8.04. The van der Waals surface area contributed by atoms with Crippen molar-refractivity contribution in [2.24, 2.45) is 5.92 Å². The van der Waals surface area contributed by atoms with E-state index in [4.69, 9.17) is 9.84 Å². The molecule has 6 heteroatoms. The molecule has 0 radical (unpaired) electrons. The Bertz CT molecular complexity index is 485. The lowest BCUT2D eigenvalue weighted by molar-refractivity contribution is -0.384. The highest BCUT2D eigenvalue weighted by atomic mass is 16.6. The number of rotatable bonds is 4. The van der Waals surface area contributed by atoms with Crippen molar-refractivity contribution in [2.75, 3.05) is 7.11 Å². The smallest absolute Gasteiger partial charge is 0.307 e. The fraction of sp³-hybridized carbons (Fsp3) is 0.364. The summed E-state index contributed by atoms with van der Waals surface area (Å²) in [5.41, 5.74) is 0.561. The van der Waals surface area contributed by atoms with Crippen LogP contribution < -0.4 is 4.74 Å². The molecule has 0 spiro atoms. The monoisotopic (exact) mass is 237 g/mol. The average molecular weight is 237 g/mol. The molecule has 1 fully saturated rings. The van der Waals surface area contributed by atoms with Crippen molar-refractivity contribution < 1.29 is 19.6 Å². The van der Waals surface area contributed by atoms with E-state index < -0.39 is 16.8 Å². The van der Waals surface area contributed by atoms with Crippen LogP contribution in [0.5, 0.6) is 5.75 Å². The first kappa shape index (κ1) is 11.4. The number of ether oxygens (including phenoxy) is 1. The number of hydrogen-bond donors (Lipinski definition) is 1. The van der Waals surface area contributed by atoms with Gasteiger partial charge in [0.1, 0.15) is 5.75 Å². The Kier molecular flexibility index (Phi) is 2.71. The number of nitro groups is 1. The molecule has 1 aromatic carbocycles. The van der Waals surface area contributed by atoms with Crippen LogP contribution in [0.15, 0.2) is 18.2 Å². The van der Waals surface area contributed by atoms with Gasteiger partial charge in [-0.25, -0.2) is 0 Å². The molecule has 0 amide bonds. The minimum absolute atomic E-state index is 0.0446. The zero-order chi connectivity index (χ0) is 12.6. The van der Waals surface area contributed by atoms with Crippen molar-refractivity contribution in [3.8, 4) is 5.75 Å². The maximum atomic E-state index is 10.8. The lowest BCUT2D eigenvalue weighted by atomic mass is 10.1. The highest BCUT2D eigenvalue weighted by Crippen LogP contribution is 2.51. The average Bonchev–Trinajstić information content (AvgIpc) is 3.08. The molecule has 1 aliphatic rings. The normalized spacial score (nSPS) is 21.9. The topological polar surface area (TPSA) is 89.7 Å². The van der Waals surface area contributed by atoms with E-state index in [1.165, 1.54) is 25.3 Å². The van der Waals surface area contributed by atoms with Crippen LogP contribution in [-0.2, 0) is 4.79 Å². The maximum Gasteiger partial charge on any atom is 0.307 e. The van der Waals surface area contributed by atoms with E-state index in [1.54, 1.807) is 0 Å². The number of hydrogen-bond acceptors (Lipinski definition) is 4. The van der Waals surface area contributed by atoms with Crippen molar-refractivity contribution in [2.45, 2.75) is 12.3 Å². The van der Waals surface area contributed by atoms with Gasteiger partial charge >= 0.3 is 5.97 Å². The summed E-state index contributed by atoms with van der Waals surface area (Å²) in [6, 6.07) is 4.25. The van der Waals surface area contributed by atoms with Crippen molar-refractivity contribution in [1.82, 2.24) is 0 Å². The molecule has 1 aliphatic carbocycles. The fourth-order valence-electron chi connectivity index (χ4n) is 1.94. The van der Waals surface area contributed by atoms with Gasteiger partial charge in [-0.05, 0) is 12.5 Å². The van der Waals surface area contributed by atoms with Crippen molar-refractivity contribution >= 4 is 11.7 Å². The Morgan fingerprint density at radius 2 is 2.29 bits per heavy atom. The van der Waals surface area contributed by atoms with Gasteiger partial charge in [-0.15, -0.1) is 0 Å². The standard InChI is InChI=1S/C11H11NO5/c1-17-10-3-2-6(12(15)16)4-8(10)7-5-9(7)11(13)14/h2-4,7,9H,5H2,1H3,(H,13,14)/t7-,9+/m0/s1. The zero-order valence-corrected chi connectivity index (χ0v) is 9.12. The molecule has 0 aliphatic heterocycles. The molecule has 2 rings (SSSR count). The lowest BCUT2D eigenvalue weighted by Crippen LogP contribution is -2.00. The highest BCUT2D eigenvalue weighted by Gasteiger charge is 2.46. The van der Waals surface area contributed by atoms with E-state index in [-0.39, 0.29) is 11.6 Å². The van der Waals surface area contributed by atoms with Crippen molar-refractivity contribution in [1.29, 1.82) is 0 Å². The van der Waals surface area contributed by atoms with E-state index in [2.05, 4.69) is 0 Å². The van der Waals surface area contributed by atoms with Crippen molar-refractivity contribution in [3.63, 3.8) is 0 Å². The molecule has 6 nitrogen and oxygen atoms in total. The number of non-ortho nitro benzene ring substituents is 1. The van der Waals surface area contributed by atoms with E-state index in [0.29, 0.717) is 17.7 Å². The summed E-state index contributed by atoms with van der Waals surface area (Å²) >= 11 is 0. The third-order valence-corrected chi connectivity index (χ3v) is 2.93. The third-order valence-electron chi connectivity index (χ3n) is 2.93. The second-order valence-corrected chi connectivity index (χ2v) is 3.97. The molecule has 0 saturated heterocycles. The summed E-state index contributed by atoms with van der Waals surface area (Å²) in [7, 11) is 1.46. The Balaban J connectivity index is 2.34. The Morgan fingerprint density at radius 1 is 1.59 bits per heavy atom. The van der Waals surface area contributed by atoms with Gasteiger partial charge in [0, 0.05) is 23.6 Å². The van der Waals surface area contributed by atoms with Gasteiger partial charge in [0.15, 0.2) is 0 Å². The van der Waals surface area contributed by atoms with E-state index >= 15 is 0 Å².